The van der Waals surface area contributed by atoms with Crippen LogP contribution in [0.25, 0.3) is 0 Å². The molecule has 0 aliphatic carbocycles. The van der Waals surface area contributed by atoms with Crippen molar-refractivity contribution in [3.8, 4) is 0 Å². The lowest BCUT2D eigenvalue weighted by atomic mass is 9.66. The first kappa shape index (κ1) is 40.6. The van der Waals surface area contributed by atoms with Crippen molar-refractivity contribution in [2.75, 3.05) is 59.5 Å². The predicted molar refractivity (Wildman–Crippen MR) is 153 cm³/mol. The van der Waals surface area contributed by atoms with Crippen LogP contribution in [0.3, 0.4) is 0 Å². The van der Waals surface area contributed by atoms with Crippen molar-refractivity contribution in [3.05, 3.63) is 0 Å². The van der Waals surface area contributed by atoms with Gasteiger partial charge in [-0.25, -0.2) is 0 Å². The first-order valence-electron chi connectivity index (χ1n) is 15.2. The Morgan fingerprint density at radius 3 is 1.45 bits per heavy atom. The first-order chi connectivity index (χ1) is 20.1. The van der Waals surface area contributed by atoms with Crippen LogP contribution in [-0.2, 0) is 52.2 Å². The molecule has 0 fully saturated rings. The minimum absolute atomic E-state index is 0.0403. The van der Waals surface area contributed by atoms with Gasteiger partial charge in [-0.3, -0.25) is 9.59 Å². The van der Waals surface area contributed by atoms with Gasteiger partial charge in [-0.05, 0) is 61.3 Å². The molecule has 2 atom stereocenters. The van der Waals surface area contributed by atoms with E-state index in [1.165, 1.54) is 0 Å². The Kier molecular flexibility index (Phi) is 19.8. The second-order valence-corrected chi connectivity index (χ2v) is 9.08. The third-order valence-electron chi connectivity index (χ3n) is 6.31. The summed E-state index contributed by atoms with van der Waals surface area (Å²) in [4.78, 5) is 26.9. The molecule has 0 saturated carbocycles. The fourth-order valence-corrected chi connectivity index (χ4v) is 5.03. The highest BCUT2D eigenvalue weighted by atomic mass is 16.9. The molecule has 0 aliphatic heterocycles. The maximum Gasteiger partial charge on any atom is 0.342 e. The summed E-state index contributed by atoms with van der Waals surface area (Å²) in [6.07, 6.45) is -0.919. The van der Waals surface area contributed by atoms with Gasteiger partial charge in [0.15, 0.2) is 5.41 Å². The number of carbonyl (C=O) groups is 2. The van der Waals surface area contributed by atoms with Crippen molar-refractivity contribution in [1.82, 2.24) is 0 Å². The van der Waals surface area contributed by atoms with Crippen molar-refractivity contribution >= 4 is 11.9 Å². The Morgan fingerprint density at radius 1 is 0.595 bits per heavy atom. The van der Waals surface area contributed by atoms with Gasteiger partial charge in [0.1, 0.15) is 0 Å². The number of rotatable bonds is 28. The van der Waals surface area contributed by atoms with Gasteiger partial charge in [-0.1, -0.05) is 20.3 Å². The summed E-state index contributed by atoms with van der Waals surface area (Å²) in [5, 5.41) is 21.8. The molecule has 13 heteroatoms. The summed E-state index contributed by atoms with van der Waals surface area (Å²) in [5.74, 6) is -10.8. The zero-order chi connectivity index (χ0) is 32.3. The zero-order valence-corrected chi connectivity index (χ0v) is 27.2. The second kappa shape index (κ2) is 20.5. The average Bonchev–Trinajstić information content (AvgIpc) is 2.93. The SMILES string of the molecule is CCCCOC(OCC)(OCC)C(OCC)(OCC)C(CC(=O)O)(C(=O)O)C(OCC)(OCC)C(OCC)OCCC. The van der Waals surface area contributed by atoms with Gasteiger partial charge in [0, 0.05) is 52.9 Å². The monoisotopic (exact) mass is 612 g/mol. The van der Waals surface area contributed by atoms with Gasteiger partial charge in [0.25, 0.3) is 5.79 Å². The Bertz CT molecular complexity index is 729. The number of carboxylic acids is 2. The van der Waals surface area contributed by atoms with Gasteiger partial charge in [-0.15, -0.1) is 0 Å². The molecular weight excluding hydrogens is 556 g/mol. The van der Waals surface area contributed by atoms with Crippen LogP contribution < -0.4 is 0 Å². The van der Waals surface area contributed by atoms with Crippen LogP contribution in [-0.4, -0.2) is 105 Å². The Hall–Kier alpha value is -1.42. The Balaban J connectivity index is 8.62. The van der Waals surface area contributed by atoms with Gasteiger partial charge >= 0.3 is 17.9 Å². The summed E-state index contributed by atoms with van der Waals surface area (Å²) in [5.41, 5.74) is -2.84. The van der Waals surface area contributed by atoms with Crippen LogP contribution in [0.1, 0.15) is 88.0 Å². The van der Waals surface area contributed by atoms with Crippen LogP contribution >= 0.6 is 0 Å². The molecule has 2 unspecified atom stereocenters. The third-order valence-corrected chi connectivity index (χ3v) is 6.31. The lowest BCUT2D eigenvalue weighted by molar-refractivity contribution is -0.542. The number of unbranched alkanes of at least 4 members (excludes halogenated alkanes) is 1. The standard InChI is InChI=1S/C29H56O13/c1-10-19-21-42-29(40-17-8,41-18-9)28(38-15-6,39-16-7)26(24(32)33,22-23(30)31)27(36-13-4,37-14-5)25(34-12-3)35-20-11-2/h25H,10-22H2,1-9H3,(H,30,31)(H,32,33). The number of hydrogen-bond acceptors (Lipinski definition) is 11. The summed E-state index contributed by atoms with van der Waals surface area (Å²) in [6, 6.07) is 0. The van der Waals surface area contributed by atoms with Gasteiger partial charge in [-0.2, -0.15) is 0 Å². The molecule has 0 rings (SSSR count). The maximum atomic E-state index is 14.1. The normalized spacial score (nSPS) is 15.0. The Morgan fingerprint density at radius 2 is 1.10 bits per heavy atom. The molecule has 0 aromatic rings. The molecule has 2 N–H and O–H groups in total. The van der Waals surface area contributed by atoms with E-state index in [0.29, 0.717) is 12.8 Å². The van der Waals surface area contributed by atoms with Crippen molar-refractivity contribution in [3.63, 3.8) is 0 Å². The van der Waals surface area contributed by atoms with Crippen molar-refractivity contribution in [2.45, 2.75) is 112 Å². The van der Waals surface area contributed by atoms with Crippen LogP contribution in [0.5, 0.6) is 0 Å². The molecular formula is C29H56O13. The van der Waals surface area contributed by atoms with Gasteiger partial charge in [0.2, 0.25) is 12.1 Å². The highest BCUT2D eigenvalue weighted by molar-refractivity contribution is 5.84. The number of carboxylic acid groups (broad SMARTS) is 2. The average molecular weight is 613 g/mol. The quantitative estimate of drug-likeness (QED) is 0.0947. The highest BCUT2D eigenvalue weighted by Crippen LogP contribution is 2.58. The van der Waals surface area contributed by atoms with E-state index in [-0.39, 0.29) is 59.5 Å². The third kappa shape index (κ3) is 8.60. The van der Waals surface area contributed by atoms with E-state index >= 15 is 0 Å². The molecule has 0 amide bonds. The molecule has 0 aromatic heterocycles. The lowest BCUT2D eigenvalue weighted by Crippen LogP contribution is -2.81. The second-order valence-electron chi connectivity index (χ2n) is 9.08. The molecule has 0 aliphatic rings. The zero-order valence-electron chi connectivity index (χ0n) is 27.2. The molecule has 0 aromatic carbocycles. The largest absolute Gasteiger partial charge is 0.481 e. The maximum absolute atomic E-state index is 14.1. The van der Waals surface area contributed by atoms with E-state index in [2.05, 4.69) is 0 Å². The van der Waals surface area contributed by atoms with Crippen LogP contribution in [0, 0.1) is 5.41 Å². The molecule has 0 saturated heterocycles. The van der Waals surface area contributed by atoms with Crippen molar-refractivity contribution in [1.29, 1.82) is 0 Å². The minimum atomic E-state index is -2.84. The van der Waals surface area contributed by atoms with E-state index in [1.54, 1.807) is 48.5 Å². The smallest absolute Gasteiger partial charge is 0.342 e. The first-order valence-corrected chi connectivity index (χ1v) is 15.2. The van der Waals surface area contributed by atoms with Crippen molar-refractivity contribution < 1.29 is 62.4 Å². The summed E-state index contributed by atoms with van der Waals surface area (Å²) in [6.45, 7) is 14.7. The molecule has 0 radical (unpaired) electrons. The van der Waals surface area contributed by atoms with Gasteiger partial charge < -0.3 is 52.8 Å². The summed E-state index contributed by atoms with van der Waals surface area (Å²) < 4.78 is 55.7. The number of aliphatic carboxylic acids is 2. The van der Waals surface area contributed by atoms with Crippen LogP contribution in [0.15, 0.2) is 0 Å². The lowest BCUT2D eigenvalue weighted by Gasteiger charge is -2.59. The Labute approximate surface area is 251 Å². The number of ether oxygens (including phenoxy) is 9. The van der Waals surface area contributed by atoms with Gasteiger partial charge in [0.05, 0.1) is 13.0 Å². The molecule has 0 heterocycles. The van der Waals surface area contributed by atoms with Crippen LogP contribution in [0.4, 0.5) is 0 Å². The highest BCUT2D eigenvalue weighted by Gasteiger charge is 2.83. The summed E-state index contributed by atoms with van der Waals surface area (Å²) in [7, 11) is 0. The summed E-state index contributed by atoms with van der Waals surface area (Å²) >= 11 is 0. The minimum Gasteiger partial charge on any atom is -0.481 e. The van der Waals surface area contributed by atoms with Crippen molar-refractivity contribution in [2.24, 2.45) is 5.41 Å². The molecule has 13 nitrogen and oxygen atoms in total. The molecule has 42 heavy (non-hydrogen) atoms. The molecule has 0 spiro atoms. The number of hydrogen-bond donors (Lipinski definition) is 2. The topological polar surface area (TPSA) is 158 Å². The molecule has 250 valence electrons. The van der Waals surface area contributed by atoms with E-state index in [9.17, 15) is 19.8 Å². The molecule has 0 bridgehead atoms. The fraction of sp³-hybridized carbons (Fsp3) is 0.931. The van der Waals surface area contributed by atoms with E-state index in [4.69, 9.17) is 42.6 Å². The van der Waals surface area contributed by atoms with E-state index in [1.807, 2.05) is 13.8 Å². The van der Waals surface area contributed by atoms with E-state index < -0.39 is 47.6 Å². The van der Waals surface area contributed by atoms with Crippen LogP contribution in [0.2, 0.25) is 0 Å². The van der Waals surface area contributed by atoms with E-state index in [0.717, 1.165) is 6.42 Å². The predicted octanol–water partition coefficient (Wildman–Crippen LogP) is 4.40. The fourth-order valence-electron chi connectivity index (χ4n) is 5.03.